The van der Waals surface area contributed by atoms with Gasteiger partial charge in [-0.05, 0) is 36.4 Å². The van der Waals surface area contributed by atoms with E-state index in [1.165, 1.54) is 25.3 Å². The molecule has 0 unspecified atom stereocenters. The van der Waals surface area contributed by atoms with Crippen LogP contribution in [0.4, 0.5) is 28.9 Å². The maximum Gasteiger partial charge on any atom is 0.387 e. The number of methoxy groups -OCH3 is 1. The minimum absolute atomic E-state index is 0.0395. The van der Waals surface area contributed by atoms with Crippen LogP contribution in [0.1, 0.15) is 5.56 Å². The molecule has 166 valence electrons. The fourth-order valence-corrected chi connectivity index (χ4v) is 2.38. The topological polar surface area (TPSA) is 85.9 Å². The van der Waals surface area contributed by atoms with Gasteiger partial charge < -0.3 is 24.8 Å². The quantitative estimate of drug-likeness (QED) is 0.427. The van der Waals surface area contributed by atoms with Crippen LogP contribution in [0, 0.1) is 0 Å². The zero-order chi connectivity index (χ0) is 22.8. The molecule has 0 spiro atoms. The standard InChI is InChI=1S/C20H18F4N2O5/c1-29-11-18(28)26-14-4-2-3-13(9-14)25-17(27)8-6-12-5-7-15(30-19(21)22)10-16(12)31-20(23)24/h2-10,19-20H,11H2,1H3,(H,25,27)(H,26,28)/b8-6+. The molecule has 0 aromatic heterocycles. The van der Waals surface area contributed by atoms with Crippen molar-refractivity contribution in [3.63, 3.8) is 0 Å². The van der Waals surface area contributed by atoms with Crippen molar-refractivity contribution >= 4 is 29.3 Å². The molecule has 7 nitrogen and oxygen atoms in total. The molecule has 2 amide bonds. The minimum Gasteiger partial charge on any atom is -0.435 e. The van der Waals surface area contributed by atoms with Crippen LogP contribution in [0.3, 0.4) is 0 Å². The average molecular weight is 442 g/mol. The minimum atomic E-state index is -3.21. The first kappa shape index (κ1) is 23.7. The second-order valence-corrected chi connectivity index (χ2v) is 5.84. The number of carbonyl (C=O) groups excluding carboxylic acids is 2. The summed E-state index contributed by atoms with van der Waals surface area (Å²) < 4.78 is 63.0. The summed E-state index contributed by atoms with van der Waals surface area (Å²) in [6.45, 7) is -6.48. The van der Waals surface area contributed by atoms with Gasteiger partial charge in [-0.1, -0.05) is 6.07 Å². The van der Waals surface area contributed by atoms with Crippen molar-refractivity contribution in [1.82, 2.24) is 0 Å². The Hall–Kier alpha value is -3.60. The lowest BCUT2D eigenvalue weighted by molar-refractivity contribution is -0.119. The van der Waals surface area contributed by atoms with Gasteiger partial charge in [0.25, 0.3) is 0 Å². The molecule has 31 heavy (non-hydrogen) atoms. The molecule has 0 radical (unpaired) electrons. The maximum atomic E-state index is 12.6. The number of anilines is 2. The van der Waals surface area contributed by atoms with Crippen LogP contribution in [0.25, 0.3) is 6.08 Å². The van der Waals surface area contributed by atoms with Crippen LogP contribution < -0.4 is 20.1 Å². The van der Waals surface area contributed by atoms with E-state index in [4.69, 9.17) is 4.74 Å². The molecule has 2 rings (SSSR count). The number of alkyl halides is 4. The number of rotatable bonds is 10. The van der Waals surface area contributed by atoms with Gasteiger partial charge >= 0.3 is 13.2 Å². The van der Waals surface area contributed by atoms with Gasteiger partial charge in [0.1, 0.15) is 18.1 Å². The van der Waals surface area contributed by atoms with Crippen LogP contribution in [-0.4, -0.2) is 38.8 Å². The summed E-state index contributed by atoms with van der Waals surface area (Å²) in [4.78, 5) is 23.7. The van der Waals surface area contributed by atoms with Crippen molar-refractivity contribution in [2.75, 3.05) is 24.4 Å². The van der Waals surface area contributed by atoms with E-state index < -0.39 is 24.9 Å². The number of ether oxygens (including phenoxy) is 3. The van der Waals surface area contributed by atoms with Crippen LogP contribution >= 0.6 is 0 Å². The molecule has 0 aliphatic heterocycles. The second kappa shape index (κ2) is 11.6. The van der Waals surface area contributed by atoms with Gasteiger partial charge in [-0.3, -0.25) is 9.59 Å². The molecule has 0 saturated heterocycles. The van der Waals surface area contributed by atoms with Gasteiger partial charge in [0.05, 0.1) is 0 Å². The van der Waals surface area contributed by atoms with Crippen LogP contribution in [0.5, 0.6) is 11.5 Å². The zero-order valence-corrected chi connectivity index (χ0v) is 16.1. The summed E-state index contributed by atoms with van der Waals surface area (Å²) in [6, 6.07) is 9.44. The number of amides is 2. The largest absolute Gasteiger partial charge is 0.435 e. The smallest absolute Gasteiger partial charge is 0.387 e. The third-order valence-corrected chi connectivity index (χ3v) is 3.53. The highest BCUT2D eigenvalue weighted by Crippen LogP contribution is 2.28. The SMILES string of the molecule is COCC(=O)Nc1cccc(NC(=O)/C=C/c2ccc(OC(F)F)cc2OC(F)F)c1. The fourth-order valence-electron chi connectivity index (χ4n) is 2.38. The molecule has 11 heteroatoms. The Labute approximate surface area is 174 Å². The highest BCUT2D eigenvalue weighted by atomic mass is 19.3. The van der Waals surface area contributed by atoms with E-state index >= 15 is 0 Å². The molecule has 0 heterocycles. The number of hydrogen-bond donors (Lipinski definition) is 2. The molecule has 0 saturated carbocycles. The lowest BCUT2D eigenvalue weighted by Crippen LogP contribution is -2.17. The highest BCUT2D eigenvalue weighted by molar-refractivity contribution is 6.02. The Morgan fingerprint density at radius 3 is 2.29 bits per heavy atom. The monoisotopic (exact) mass is 442 g/mol. The number of halogens is 4. The molecule has 2 N–H and O–H groups in total. The lowest BCUT2D eigenvalue weighted by atomic mass is 10.1. The number of nitrogens with one attached hydrogen (secondary N) is 2. The molecular weight excluding hydrogens is 424 g/mol. The second-order valence-electron chi connectivity index (χ2n) is 5.84. The normalized spacial score (nSPS) is 11.1. The van der Waals surface area contributed by atoms with Gasteiger partial charge in [-0.15, -0.1) is 0 Å². The average Bonchev–Trinajstić information content (AvgIpc) is 2.67. The molecular formula is C20H18F4N2O5. The Morgan fingerprint density at radius 2 is 1.65 bits per heavy atom. The molecule has 2 aromatic rings. The molecule has 0 aliphatic carbocycles. The van der Waals surface area contributed by atoms with Crippen molar-refractivity contribution in [2.24, 2.45) is 0 Å². The Kier molecular flexibility index (Phi) is 8.82. The van der Waals surface area contributed by atoms with Gasteiger partial charge in [-0.25, -0.2) is 0 Å². The summed E-state index contributed by atoms with van der Waals surface area (Å²) in [7, 11) is 1.37. The molecule has 0 aliphatic rings. The third kappa shape index (κ3) is 8.34. The zero-order valence-electron chi connectivity index (χ0n) is 16.1. The molecule has 0 bridgehead atoms. The molecule has 0 fully saturated rings. The van der Waals surface area contributed by atoms with Crippen LogP contribution in [0.2, 0.25) is 0 Å². The predicted octanol–water partition coefficient (Wildman–Crippen LogP) is 4.13. The summed E-state index contributed by atoms with van der Waals surface area (Å²) in [5, 5.41) is 5.11. The van der Waals surface area contributed by atoms with E-state index in [-0.39, 0.29) is 23.8 Å². The highest BCUT2D eigenvalue weighted by Gasteiger charge is 2.12. The number of hydrogen-bond acceptors (Lipinski definition) is 5. The summed E-state index contributed by atoms with van der Waals surface area (Å²) in [5.41, 5.74) is 0.818. The van der Waals surface area contributed by atoms with E-state index in [1.807, 2.05) is 0 Å². The van der Waals surface area contributed by atoms with E-state index in [1.54, 1.807) is 18.2 Å². The van der Waals surface area contributed by atoms with Gasteiger partial charge in [-0.2, -0.15) is 17.6 Å². The van der Waals surface area contributed by atoms with Gasteiger partial charge in [0, 0.05) is 36.2 Å². The first-order valence-corrected chi connectivity index (χ1v) is 8.68. The third-order valence-electron chi connectivity index (χ3n) is 3.53. The maximum absolute atomic E-state index is 12.6. The van der Waals surface area contributed by atoms with Gasteiger partial charge in [0.15, 0.2) is 0 Å². The van der Waals surface area contributed by atoms with E-state index in [0.29, 0.717) is 11.4 Å². The van der Waals surface area contributed by atoms with E-state index in [0.717, 1.165) is 18.2 Å². The van der Waals surface area contributed by atoms with E-state index in [9.17, 15) is 27.2 Å². The van der Waals surface area contributed by atoms with E-state index in [2.05, 4.69) is 20.1 Å². The lowest BCUT2D eigenvalue weighted by Gasteiger charge is -2.11. The predicted molar refractivity (Wildman–Crippen MR) is 104 cm³/mol. The summed E-state index contributed by atoms with van der Waals surface area (Å²) >= 11 is 0. The number of carbonyl (C=O) groups is 2. The van der Waals surface area contributed by atoms with Crippen LogP contribution in [-0.2, 0) is 14.3 Å². The summed E-state index contributed by atoms with van der Waals surface area (Å²) in [5.74, 6) is -1.81. The first-order chi connectivity index (χ1) is 14.8. The Bertz CT molecular complexity index is 938. The first-order valence-electron chi connectivity index (χ1n) is 8.68. The molecule has 0 atom stereocenters. The van der Waals surface area contributed by atoms with Crippen LogP contribution in [0.15, 0.2) is 48.5 Å². The van der Waals surface area contributed by atoms with Crippen molar-refractivity contribution in [3.8, 4) is 11.5 Å². The van der Waals surface area contributed by atoms with Crippen molar-refractivity contribution in [3.05, 3.63) is 54.1 Å². The summed E-state index contributed by atoms with van der Waals surface area (Å²) in [6.07, 6.45) is 2.21. The van der Waals surface area contributed by atoms with Crippen molar-refractivity contribution < 1.29 is 41.4 Å². The molecule has 2 aromatic carbocycles. The van der Waals surface area contributed by atoms with Gasteiger partial charge in [0.2, 0.25) is 11.8 Å². The van der Waals surface area contributed by atoms with Crippen molar-refractivity contribution in [2.45, 2.75) is 13.2 Å². The van der Waals surface area contributed by atoms with Crippen molar-refractivity contribution in [1.29, 1.82) is 0 Å². The Morgan fingerprint density at radius 1 is 0.968 bits per heavy atom. The number of benzene rings is 2. The fraction of sp³-hybridized carbons (Fsp3) is 0.200. The Balaban J connectivity index is 2.09.